The van der Waals surface area contributed by atoms with Crippen LogP contribution < -0.4 is 4.74 Å². The number of imidazole rings is 1. The zero-order valence-corrected chi connectivity index (χ0v) is 15.0. The van der Waals surface area contributed by atoms with Crippen LogP contribution in [-0.2, 0) is 6.42 Å². The highest BCUT2D eigenvalue weighted by molar-refractivity contribution is 14.1. The molecule has 3 rings (SSSR count). The highest BCUT2D eigenvalue weighted by atomic mass is 127. The van der Waals surface area contributed by atoms with Gasteiger partial charge in [0.2, 0.25) is 5.88 Å². The Bertz CT molecular complexity index is 831. The number of pyridine rings is 1. The average molecular weight is 421 g/mol. The largest absolute Gasteiger partial charge is 0.480 e. The molecule has 1 aromatic carbocycles. The van der Waals surface area contributed by atoms with Crippen LogP contribution in [0.4, 0.5) is 0 Å². The third-order valence-corrected chi connectivity index (χ3v) is 4.49. The zero-order chi connectivity index (χ0) is 16.4. The maximum atomic E-state index is 10.8. The van der Waals surface area contributed by atoms with Gasteiger partial charge in [0.05, 0.1) is 18.4 Å². The minimum atomic E-state index is 0.440. The van der Waals surface area contributed by atoms with Crippen molar-refractivity contribution in [3.8, 4) is 28.5 Å². The second-order valence-corrected chi connectivity index (χ2v) is 6.10. The molecule has 0 aliphatic rings. The molecule has 0 aliphatic carbocycles. The molecule has 0 saturated heterocycles. The first-order valence-electron chi connectivity index (χ1n) is 7.22. The normalized spacial score (nSPS) is 10.7. The van der Waals surface area contributed by atoms with Crippen LogP contribution in [0.5, 0.6) is 5.88 Å². The minimum Gasteiger partial charge on any atom is -0.480 e. The van der Waals surface area contributed by atoms with E-state index in [1.54, 1.807) is 13.3 Å². The summed E-state index contributed by atoms with van der Waals surface area (Å²) in [5, 5.41) is 10.8. The van der Waals surface area contributed by atoms with Gasteiger partial charge in [-0.05, 0) is 35.1 Å². The topological polar surface area (TPSA) is 60.2 Å². The number of hydrogen-bond acceptors (Lipinski definition) is 4. The summed E-state index contributed by atoms with van der Waals surface area (Å²) >= 11 is 2.19. The van der Waals surface area contributed by atoms with Crippen molar-refractivity contribution in [1.29, 1.82) is 0 Å². The van der Waals surface area contributed by atoms with Crippen molar-refractivity contribution >= 4 is 22.6 Å². The molecule has 0 atom stereocenters. The lowest BCUT2D eigenvalue weighted by Crippen LogP contribution is -2.01. The second-order valence-electron chi connectivity index (χ2n) is 4.94. The average Bonchev–Trinajstić information content (AvgIpc) is 2.91. The predicted octanol–water partition coefficient (Wildman–Crippen LogP) is 4.03. The Hall–Kier alpha value is -2.09. The van der Waals surface area contributed by atoms with E-state index in [1.165, 1.54) is 0 Å². The second kappa shape index (κ2) is 6.57. The Morgan fingerprint density at radius 1 is 1.22 bits per heavy atom. The highest BCUT2D eigenvalue weighted by Crippen LogP contribution is 2.35. The van der Waals surface area contributed by atoms with Gasteiger partial charge in [0.15, 0.2) is 5.82 Å². The molecule has 5 nitrogen and oxygen atoms in total. The lowest BCUT2D eigenvalue weighted by molar-refractivity contribution is 0.194. The molecule has 6 heteroatoms. The standard InChI is InChI=1S/C17H16IN3O2/c1-3-13-15(11-7-5-4-6-8-11)21(22)16(20-13)14-12(18)9-10-19-17(14)23-2/h4-10,22H,3H2,1-2H3. The molecule has 1 N–H and O–H groups in total. The first-order chi connectivity index (χ1) is 11.2. The van der Waals surface area contributed by atoms with Gasteiger partial charge in [-0.1, -0.05) is 37.3 Å². The molecule has 3 aromatic rings. The van der Waals surface area contributed by atoms with Gasteiger partial charge in [-0.15, -0.1) is 0 Å². The molecule has 0 bridgehead atoms. The summed E-state index contributed by atoms with van der Waals surface area (Å²) in [6.07, 6.45) is 2.39. The highest BCUT2D eigenvalue weighted by Gasteiger charge is 2.23. The van der Waals surface area contributed by atoms with Crippen LogP contribution in [0.1, 0.15) is 12.6 Å². The summed E-state index contributed by atoms with van der Waals surface area (Å²) in [5.41, 5.74) is 3.14. The van der Waals surface area contributed by atoms with Crippen LogP contribution in [0.2, 0.25) is 0 Å². The number of aryl methyl sites for hydroxylation is 1. The van der Waals surface area contributed by atoms with Crippen molar-refractivity contribution < 1.29 is 9.94 Å². The Morgan fingerprint density at radius 3 is 2.61 bits per heavy atom. The number of hydrogen-bond donors (Lipinski definition) is 1. The first-order valence-corrected chi connectivity index (χ1v) is 8.30. The maximum absolute atomic E-state index is 10.8. The lowest BCUT2D eigenvalue weighted by Gasteiger charge is -2.09. The van der Waals surface area contributed by atoms with Crippen molar-refractivity contribution in [3.63, 3.8) is 0 Å². The Labute approximate surface area is 148 Å². The molecule has 2 aromatic heterocycles. The Balaban J connectivity index is 2.26. The molecular formula is C17H16IN3O2. The van der Waals surface area contributed by atoms with Gasteiger partial charge in [0.1, 0.15) is 5.69 Å². The van der Waals surface area contributed by atoms with Crippen LogP contribution in [0.15, 0.2) is 42.6 Å². The molecule has 0 unspecified atom stereocenters. The van der Waals surface area contributed by atoms with Gasteiger partial charge in [-0.2, -0.15) is 4.73 Å². The molecule has 0 amide bonds. The SMILES string of the molecule is CCc1nc(-c2c(I)ccnc2OC)n(O)c1-c1ccccc1. The van der Waals surface area contributed by atoms with Crippen molar-refractivity contribution in [3.05, 3.63) is 51.9 Å². The quantitative estimate of drug-likeness (QED) is 0.511. The molecule has 0 spiro atoms. The van der Waals surface area contributed by atoms with Gasteiger partial charge < -0.3 is 9.94 Å². The van der Waals surface area contributed by atoms with E-state index in [1.807, 2.05) is 43.3 Å². The summed E-state index contributed by atoms with van der Waals surface area (Å²) in [7, 11) is 1.56. The molecule has 118 valence electrons. The summed E-state index contributed by atoms with van der Waals surface area (Å²) in [6.45, 7) is 2.02. The smallest absolute Gasteiger partial charge is 0.225 e. The summed E-state index contributed by atoms with van der Waals surface area (Å²) < 4.78 is 7.39. The van der Waals surface area contributed by atoms with Gasteiger partial charge in [-0.25, -0.2) is 9.97 Å². The van der Waals surface area contributed by atoms with Gasteiger partial charge in [0, 0.05) is 15.3 Å². The van der Waals surface area contributed by atoms with Crippen LogP contribution in [0.25, 0.3) is 22.6 Å². The van der Waals surface area contributed by atoms with Crippen LogP contribution in [-0.4, -0.2) is 27.0 Å². The fraction of sp³-hybridized carbons (Fsp3) is 0.176. The van der Waals surface area contributed by atoms with Crippen LogP contribution in [0, 0.1) is 3.57 Å². The fourth-order valence-electron chi connectivity index (χ4n) is 2.53. The third kappa shape index (κ3) is 2.78. The fourth-order valence-corrected chi connectivity index (χ4v) is 3.16. The Kier molecular flexibility index (Phi) is 4.51. The molecule has 23 heavy (non-hydrogen) atoms. The molecule has 0 radical (unpaired) electrons. The molecular weight excluding hydrogens is 405 g/mol. The number of methoxy groups -OCH3 is 1. The monoisotopic (exact) mass is 421 g/mol. The summed E-state index contributed by atoms with van der Waals surface area (Å²) in [5.74, 6) is 0.884. The number of ether oxygens (including phenoxy) is 1. The van der Waals surface area contributed by atoms with Gasteiger partial charge in [0.25, 0.3) is 0 Å². The number of halogens is 1. The van der Waals surface area contributed by atoms with Crippen LogP contribution in [0.3, 0.4) is 0 Å². The van der Waals surface area contributed by atoms with Crippen molar-refractivity contribution in [2.45, 2.75) is 13.3 Å². The predicted molar refractivity (Wildman–Crippen MR) is 96.7 cm³/mol. The van der Waals surface area contributed by atoms with E-state index in [2.05, 4.69) is 32.6 Å². The summed E-state index contributed by atoms with van der Waals surface area (Å²) in [6, 6.07) is 11.6. The summed E-state index contributed by atoms with van der Waals surface area (Å²) in [4.78, 5) is 8.85. The minimum absolute atomic E-state index is 0.440. The third-order valence-electron chi connectivity index (χ3n) is 3.59. The molecule has 2 heterocycles. The van der Waals surface area contributed by atoms with E-state index in [0.717, 1.165) is 19.6 Å². The molecule has 0 fully saturated rings. The lowest BCUT2D eigenvalue weighted by atomic mass is 10.1. The Morgan fingerprint density at radius 2 is 1.96 bits per heavy atom. The molecule has 0 saturated carbocycles. The van der Waals surface area contributed by atoms with Crippen LogP contribution >= 0.6 is 22.6 Å². The zero-order valence-electron chi connectivity index (χ0n) is 12.8. The molecule has 0 aliphatic heterocycles. The van der Waals surface area contributed by atoms with E-state index in [0.29, 0.717) is 29.4 Å². The number of aromatic nitrogens is 3. The van der Waals surface area contributed by atoms with E-state index >= 15 is 0 Å². The van der Waals surface area contributed by atoms with Gasteiger partial charge in [-0.3, -0.25) is 0 Å². The number of benzene rings is 1. The van der Waals surface area contributed by atoms with Crippen molar-refractivity contribution in [2.75, 3.05) is 7.11 Å². The van der Waals surface area contributed by atoms with Crippen molar-refractivity contribution in [1.82, 2.24) is 14.7 Å². The number of nitrogens with zero attached hydrogens (tertiary/aromatic N) is 3. The van der Waals surface area contributed by atoms with Gasteiger partial charge >= 0.3 is 0 Å². The van der Waals surface area contributed by atoms with E-state index in [-0.39, 0.29) is 0 Å². The van der Waals surface area contributed by atoms with E-state index in [4.69, 9.17) is 4.74 Å². The first kappa shape index (κ1) is 15.8. The number of rotatable bonds is 4. The maximum Gasteiger partial charge on any atom is 0.225 e. The van der Waals surface area contributed by atoms with Crippen molar-refractivity contribution in [2.24, 2.45) is 0 Å². The van der Waals surface area contributed by atoms with E-state index < -0.39 is 0 Å². The van der Waals surface area contributed by atoms with E-state index in [9.17, 15) is 5.21 Å².